The second-order valence-corrected chi connectivity index (χ2v) is 4.68. The van der Waals surface area contributed by atoms with Gasteiger partial charge in [0.05, 0.1) is 0 Å². The molecule has 0 saturated heterocycles. The van der Waals surface area contributed by atoms with E-state index in [1.54, 1.807) is 0 Å². The van der Waals surface area contributed by atoms with Crippen LogP contribution in [0.25, 0.3) is 11.6 Å². The first kappa shape index (κ1) is 13.5. The summed E-state index contributed by atoms with van der Waals surface area (Å²) >= 11 is 0. The molecule has 1 radical (unpaired) electrons. The molecule has 3 rings (SSSR count). The summed E-state index contributed by atoms with van der Waals surface area (Å²) in [5, 5.41) is 0. The maximum Gasteiger partial charge on any atom is 0.0211 e. The molecule has 0 atom stereocenters. The fourth-order valence-electron chi connectivity index (χ4n) is 2.28. The molecule has 0 spiro atoms. The molecule has 0 nitrogen and oxygen atoms in total. The van der Waals surface area contributed by atoms with Gasteiger partial charge >= 0.3 is 0 Å². The van der Waals surface area contributed by atoms with Crippen molar-refractivity contribution in [2.24, 2.45) is 0 Å². The molecule has 0 aliphatic heterocycles. The minimum atomic E-state index is 0. The zero-order valence-electron chi connectivity index (χ0n) is 10.7. The maximum absolute atomic E-state index is 2.27. The molecule has 1 aliphatic rings. The van der Waals surface area contributed by atoms with Gasteiger partial charge in [0.1, 0.15) is 0 Å². The van der Waals surface area contributed by atoms with Crippen molar-refractivity contribution in [1.29, 1.82) is 0 Å². The van der Waals surface area contributed by atoms with Crippen LogP contribution in [0, 0.1) is 20.3 Å². The molecule has 0 heterocycles. The van der Waals surface area contributed by atoms with Crippen molar-refractivity contribution in [2.45, 2.75) is 13.8 Å². The Morgan fingerprint density at radius 2 is 1.39 bits per heavy atom. The number of benzene rings is 2. The van der Waals surface area contributed by atoms with Gasteiger partial charge in [0.2, 0.25) is 0 Å². The van der Waals surface area contributed by atoms with Gasteiger partial charge in [-0.2, -0.15) is 0 Å². The third-order valence-electron chi connectivity index (χ3n) is 3.43. The molecular formula is C17H15Zr. The van der Waals surface area contributed by atoms with Gasteiger partial charge in [0, 0.05) is 32.6 Å². The van der Waals surface area contributed by atoms with Crippen LogP contribution in [0.5, 0.6) is 0 Å². The van der Waals surface area contributed by atoms with Crippen molar-refractivity contribution in [3.05, 3.63) is 76.7 Å². The number of rotatable bonds is 1. The third-order valence-corrected chi connectivity index (χ3v) is 3.43. The zero-order chi connectivity index (χ0) is 11.8. The van der Waals surface area contributed by atoms with Gasteiger partial charge < -0.3 is 0 Å². The molecule has 0 fully saturated rings. The molecule has 2 aromatic carbocycles. The van der Waals surface area contributed by atoms with E-state index in [0.717, 1.165) is 0 Å². The molecule has 0 unspecified atom stereocenters. The van der Waals surface area contributed by atoms with E-state index in [1.807, 2.05) is 0 Å². The number of fused-ring (bicyclic) bond motifs is 1. The Balaban J connectivity index is 0.00000120. The van der Waals surface area contributed by atoms with Gasteiger partial charge in [-0.3, -0.25) is 0 Å². The Kier molecular flexibility index (Phi) is 4.02. The number of hydrogen-bond donors (Lipinski definition) is 0. The molecule has 1 heteroatoms. The fourth-order valence-corrected chi connectivity index (χ4v) is 2.28. The van der Waals surface area contributed by atoms with Crippen molar-refractivity contribution in [1.82, 2.24) is 0 Å². The van der Waals surface area contributed by atoms with Crippen molar-refractivity contribution < 1.29 is 26.2 Å². The molecule has 0 aromatic heterocycles. The van der Waals surface area contributed by atoms with Gasteiger partial charge in [-0.15, -0.1) is 0 Å². The Hall–Kier alpha value is -0.937. The van der Waals surface area contributed by atoms with E-state index in [4.69, 9.17) is 0 Å². The summed E-state index contributed by atoms with van der Waals surface area (Å²) in [6.45, 7) is 4.34. The fraction of sp³-hybridized carbons (Fsp3) is 0.118. The van der Waals surface area contributed by atoms with Crippen LogP contribution in [0.15, 0.2) is 42.5 Å². The van der Waals surface area contributed by atoms with E-state index < -0.39 is 0 Å². The molecule has 87 valence electrons. The van der Waals surface area contributed by atoms with Crippen LogP contribution in [-0.2, 0) is 26.2 Å². The Labute approximate surface area is 128 Å². The van der Waals surface area contributed by atoms with Crippen LogP contribution in [0.1, 0.15) is 27.8 Å². The van der Waals surface area contributed by atoms with E-state index in [1.165, 1.54) is 33.4 Å². The van der Waals surface area contributed by atoms with Crippen LogP contribution in [0.2, 0.25) is 0 Å². The van der Waals surface area contributed by atoms with Gasteiger partial charge in [0.25, 0.3) is 0 Å². The molecule has 0 bridgehead atoms. The SMILES string of the molecule is Cc1cc2c(cc1C)C=C(c1ccccc1)[CH]2.[Zr]. The normalized spacial score (nSPS) is 12.7. The second kappa shape index (κ2) is 5.37. The standard InChI is InChI=1S/C17H15.Zr/c1-12-8-15-10-17(11-16(15)9-13(12)2)14-6-4-3-5-7-14;/h3-11H,1-2H3;. The Morgan fingerprint density at radius 3 is 2.06 bits per heavy atom. The maximum atomic E-state index is 2.27. The molecule has 1 aliphatic carbocycles. The van der Waals surface area contributed by atoms with E-state index in [9.17, 15) is 0 Å². The smallest absolute Gasteiger partial charge is 0.0211 e. The summed E-state index contributed by atoms with van der Waals surface area (Å²) in [5.74, 6) is 0. The van der Waals surface area contributed by atoms with Crippen LogP contribution in [-0.4, -0.2) is 0 Å². The van der Waals surface area contributed by atoms with Crippen LogP contribution in [0.4, 0.5) is 0 Å². The van der Waals surface area contributed by atoms with Crippen molar-refractivity contribution in [3.8, 4) is 0 Å². The first-order valence-electron chi connectivity index (χ1n) is 5.97. The van der Waals surface area contributed by atoms with E-state index >= 15 is 0 Å². The molecule has 18 heavy (non-hydrogen) atoms. The number of aryl methyl sites for hydroxylation is 2. The topological polar surface area (TPSA) is 0 Å². The summed E-state index contributed by atoms with van der Waals surface area (Å²) < 4.78 is 0. The Bertz CT molecular complexity index is 595. The zero-order valence-corrected chi connectivity index (χ0v) is 13.2. The molecule has 0 amide bonds. The largest absolute Gasteiger partial charge is 0.0622 e. The predicted octanol–water partition coefficient (Wildman–Crippen LogP) is 4.41. The quantitative estimate of drug-likeness (QED) is 0.732. The van der Waals surface area contributed by atoms with Gasteiger partial charge in [-0.1, -0.05) is 48.5 Å². The summed E-state index contributed by atoms with van der Waals surface area (Å²) in [6.07, 6.45) is 4.55. The average molecular weight is 311 g/mol. The van der Waals surface area contributed by atoms with Crippen molar-refractivity contribution >= 4 is 11.6 Å². The van der Waals surface area contributed by atoms with Gasteiger partial charge in [-0.05, 0) is 47.2 Å². The average Bonchev–Trinajstić information content (AvgIpc) is 2.74. The van der Waals surface area contributed by atoms with Crippen LogP contribution in [0.3, 0.4) is 0 Å². The Morgan fingerprint density at radius 1 is 0.778 bits per heavy atom. The molecule has 0 saturated carbocycles. The molecular weight excluding hydrogens is 295 g/mol. The van der Waals surface area contributed by atoms with E-state index in [2.05, 4.69) is 68.8 Å². The van der Waals surface area contributed by atoms with Crippen LogP contribution >= 0.6 is 0 Å². The summed E-state index contributed by atoms with van der Waals surface area (Å²) in [4.78, 5) is 0. The summed E-state index contributed by atoms with van der Waals surface area (Å²) in [5.41, 5.74) is 8.01. The molecule has 2 aromatic rings. The monoisotopic (exact) mass is 309 g/mol. The minimum absolute atomic E-state index is 0. The summed E-state index contributed by atoms with van der Waals surface area (Å²) in [6, 6.07) is 15.1. The number of allylic oxidation sites excluding steroid dienone is 1. The van der Waals surface area contributed by atoms with Gasteiger partial charge in [-0.25, -0.2) is 0 Å². The first-order valence-corrected chi connectivity index (χ1v) is 5.97. The minimum Gasteiger partial charge on any atom is -0.0622 e. The van der Waals surface area contributed by atoms with E-state index in [-0.39, 0.29) is 26.2 Å². The summed E-state index contributed by atoms with van der Waals surface area (Å²) in [7, 11) is 0. The predicted molar refractivity (Wildman–Crippen MR) is 73.6 cm³/mol. The van der Waals surface area contributed by atoms with Gasteiger partial charge in [0.15, 0.2) is 0 Å². The second-order valence-electron chi connectivity index (χ2n) is 4.68. The third kappa shape index (κ3) is 2.42. The number of hydrogen-bond acceptors (Lipinski definition) is 0. The van der Waals surface area contributed by atoms with E-state index in [0.29, 0.717) is 0 Å². The first-order chi connectivity index (χ1) is 8.24. The van der Waals surface area contributed by atoms with Crippen molar-refractivity contribution in [2.75, 3.05) is 0 Å². The van der Waals surface area contributed by atoms with Crippen molar-refractivity contribution in [3.63, 3.8) is 0 Å². The van der Waals surface area contributed by atoms with Crippen LogP contribution < -0.4 is 0 Å². The molecule has 0 N–H and O–H groups in total.